The summed E-state index contributed by atoms with van der Waals surface area (Å²) in [7, 11) is 0. The van der Waals surface area contributed by atoms with Gasteiger partial charge in [-0.3, -0.25) is 20.0 Å². The molecule has 20 heavy (non-hydrogen) atoms. The number of benzene rings is 1. The topological polar surface area (TPSA) is 114 Å². The maximum Gasteiger partial charge on any atom is 0.292 e. The minimum Gasteiger partial charge on any atom is -0.320 e. The first kappa shape index (κ1) is 14.0. The van der Waals surface area contributed by atoms with E-state index in [0.717, 1.165) is 0 Å². The number of nitrogens with zero attached hydrogens (tertiary/aromatic N) is 3. The Morgan fingerprint density at radius 1 is 1.45 bits per heavy atom. The van der Waals surface area contributed by atoms with Crippen LogP contribution in [0.2, 0.25) is 0 Å². The van der Waals surface area contributed by atoms with Crippen molar-refractivity contribution in [3.63, 3.8) is 0 Å². The van der Waals surface area contributed by atoms with Gasteiger partial charge in [-0.1, -0.05) is 23.9 Å². The van der Waals surface area contributed by atoms with Gasteiger partial charge in [-0.2, -0.15) is 5.10 Å². The fraction of sp³-hybridized carbons (Fsp3) is 0.182. The fourth-order valence-electron chi connectivity index (χ4n) is 1.46. The van der Waals surface area contributed by atoms with Crippen LogP contribution in [0.3, 0.4) is 0 Å². The molecule has 1 aromatic heterocycles. The number of amides is 1. The van der Waals surface area contributed by atoms with E-state index >= 15 is 0 Å². The number of aromatic amines is 1. The second-order valence-electron chi connectivity index (χ2n) is 3.71. The number of carbonyl (C=O) groups excluding carboxylic acids is 1. The summed E-state index contributed by atoms with van der Waals surface area (Å²) in [6, 6.07) is 6.03. The van der Waals surface area contributed by atoms with E-state index in [4.69, 9.17) is 0 Å². The molecule has 2 rings (SSSR count). The molecule has 2 aromatic rings. The van der Waals surface area contributed by atoms with Crippen molar-refractivity contribution in [3.8, 4) is 0 Å². The van der Waals surface area contributed by atoms with Crippen LogP contribution in [0.15, 0.2) is 35.7 Å². The molecule has 0 aliphatic rings. The molecule has 2 N–H and O–H groups in total. The number of aromatic nitrogens is 3. The SMILES string of the molecule is O=C(CCSc1ncn[nH]1)Nc1ccccc1[N+](=O)[O-]. The molecule has 1 aromatic carbocycles. The van der Waals surface area contributed by atoms with Gasteiger partial charge >= 0.3 is 0 Å². The van der Waals surface area contributed by atoms with Crippen LogP contribution in [-0.2, 0) is 4.79 Å². The lowest BCUT2D eigenvalue weighted by molar-refractivity contribution is -0.383. The second kappa shape index (κ2) is 6.66. The molecular weight excluding hydrogens is 282 g/mol. The van der Waals surface area contributed by atoms with Crippen LogP contribution >= 0.6 is 11.8 Å². The number of para-hydroxylation sites is 2. The van der Waals surface area contributed by atoms with Gasteiger partial charge in [-0.05, 0) is 6.07 Å². The van der Waals surface area contributed by atoms with Gasteiger partial charge in [0.25, 0.3) is 5.69 Å². The molecule has 0 saturated heterocycles. The van der Waals surface area contributed by atoms with Crippen LogP contribution in [0.5, 0.6) is 0 Å². The number of nitrogens with one attached hydrogen (secondary N) is 2. The summed E-state index contributed by atoms with van der Waals surface area (Å²) in [4.78, 5) is 25.9. The van der Waals surface area contributed by atoms with E-state index in [9.17, 15) is 14.9 Å². The molecule has 0 spiro atoms. The van der Waals surface area contributed by atoms with Crippen LogP contribution in [0.1, 0.15) is 6.42 Å². The molecule has 1 amide bonds. The van der Waals surface area contributed by atoms with Crippen molar-refractivity contribution in [2.24, 2.45) is 0 Å². The molecule has 8 nitrogen and oxygen atoms in total. The summed E-state index contributed by atoms with van der Waals surface area (Å²) < 4.78 is 0. The van der Waals surface area contributed by atoms with Crippen molar-refractivity contribution in [1.82, 2.24) is 15.2 Å². The Hall–Kier alpha value is -2.42. The maximum atomic E-state index is 11.7. The van der Waals surface area contributed by atoms with E-state index in [1.165, 1.54) is 30.2 Å². The van der Waals surface area contributed by atoms with E-state index in [0.29, 0.717) is 10.9 Å². The van der Waals surface area contributed by atoms with Gasteiger partial charge in [0.1, 0.15) is 12.0 Å². The van der Waals surface area contributed by atoms with Crippen molar-refractivity contribution in [3.05, 3.63) is 40.7 Å². The van der Waals surface area contributed by atoms with E-state index in [-0.39, 0.29) is 23.7 Å². The molecule has 9 heteroatoms. The Bertz CT molecular complexity index is 602. The molecule has 0 unspecified atom stereocenters. The van der Waals surface area contributed by atoms with Crippen LogP contribution < -0.4 is 5.32 Å². The third-order valence-corrected chi connectivity index (χ3v) is 3.21. The number of nitro benzene ring substituents is 1. The zero-order valence-electron chi connectivity index (χ0n) is 10.3. The molecule has 0 bridgehead atoms. The lowest BCUT2D eigenvalue weighted by Crippen LogP contribution is -2.13. The number of hydrogen-bond acceptors (Lipinski definition) is 6. The zero-order chi connectivity index (χ0) is 14.4. The van der Waals surface area contributed by atoms with Crippen molar-refractivity contribution in [2.45, 2.75) is 11.6 Å². The quantitative estimate of drug-likeness (QED) is 0.477. The Morgan fingerprint density at radius 2 is 2.25 bits per heavy atom. The van der Waals surface area contributed by atoms with Crippen LogP contribution in [0, 0.1) is 10.1 Å². The van der Waals surface area contributed by atoms with Gasteiger partial charge in [0.2, 0.25) is 5.91 Å². The molecule has 0 aliphatic carbocycles. The lowest BCUT2D eigenvalue weighted by Gasteiger charge is -2.05. The summed E-state index contributed by atoms with van der Waals surface area (Å²) in [5.74, 6) is 0.216. The van der Waals surface area contributed by atoms with E-state index in [1.54, 1.807) is 12.1 Å². The normalized spacial score (nSPS) is 10.2. The van der Waals surface area contributed by atoms with Gasteiger partial charge in [-0.15, -0.1) is 0 Å². The van der Waals surface area contributed by atoms with Crippen molar-refractivity contribution < 1.29 is 9.72 Å². The second-order valence-corrected chi connectivity index (χ2v) is 4.80. The molecular formula is C11H11N5O3S. The van der Waals surface area contributed by atoms with Gasteiger partial charge in [-0.25, -0.2) is 4.98 Å². The van der Waals surface area contributed by atoms with Crippen LogP contribution in [0.4, 0.5) is 11.4 Å². The first-order chi connectivity index (χ1) is 9.66. The number of carbonyl (C=O) groups is 1. The predicted octanol–water partition coefficient (Wildman–Crippen LogP) is 1.83. The predicted molar refractivity (Wildman–Crippen MR) is 73.4 cm³/mol. The van der Waals surface area contributed by atoms with E-state index in [1.807, 2.05) is 0 Å². The summed E-state index contributed by atoms with van der Waals surface area (Å²) in [6.45, 7) is 0. The summed E-state index contributed by atoms with van der Waals surface area (Å²) >= 11 is 1.35. The average Bonchev–Trinajstić information content (AvgIpc) is 2.92. The number of anilines is 1. The third kappa shape index (κ3) is 3.79. The Balaban J connectivity index is 1.87. The number of thioether (sulfide) groups is 1. The molecule has 0 fully saturated rings. The molecule has 1 heterocycles. The maximum absolute atomic E-state index is 11.7. The average molecular weight is 293 g/mol. The first-order valence-corrected chi connectivity index (χ1v) is 6.67. The Morgan fingerprint density at radius 3 is 2.95 bits per heavy atom. The highest BCUT2D eigenvalue weighted by molar-refractivity contribution is 7.99. The number of H-pyrrole nitrogens is 1. The van der Waals surface area contributed by atoms with Crippen LogP contribution in [-0.4, -0.2) is 31.8 Å². The number of nitro groups is 1. The third-order valence-electron chi connectivity index (χ3n) is 2.34. The van der Waals surface area contributed by atoms with Crippen molar-refractivity contribution in [2.75, 3.05) is 11.1 Å². The highest BCUT2D eigenvalue weighted by atomic mass is 32.2. The lowest BCUT2D eigenvalue weighted by atomic mass is 10.2. The number of rotatable bonds is 6. The molecule has 0 atom stereocenters. The standard InChI is InChI=1S/C11H11N5O3S/c17-10(5-6-20-11-12-7-13-15-11)14-8-3-1-2-4-9(8)16(18)19/h1-4,7H,5-6H2,(H,14,17)(H,12,13,15). The van der Waals surface area contributed by atoms with E-state index in [2.05, 4.69) is 20.5 Å². The van der Waals surface area contributed by atoms with Gasteiger partial charge in [0.15, 0.2) is 5.16 Å². The molecule has 0 saturated carbocycles. The number of hydrogen-bond donors (Lipinski definition) is 2. The van der Waals surface area contributed by atoms with Crippen molar-refractivity contribution >= 4 is 29.0 Å². The zero-order valence-corrected chi connectivity index (χ0v) is 11.1. The van der Waals surface area contributed by atoms with Gasteiger partial charge in [0, 0.05) is 18.2 Å². The molecule has 104 valence electrons. The minimum atomic E-state index is -0.529. The Labute approximate surface area is 118 Å². The molecule has 0 aliphatic heterocycles. The Kier molecular flexibility index (Phi) is 4.66. The highest BCUT2D eigenvalue weighted by Gasteiger charge is 2.14. The highest BCUT2D eigenvalue weighted by Crippen LogP contribution is 2.23. The summed E-state index contributed by atoms with van der Waals surface area (Å²) in [5.41, 5.74) is 0.0795. The van der Waals surface area contributed by atoms with Gasteiger partial charge < -0.3 is 5.32 Å². The summed E-state index contributed by atoms with van der Waals surface area (Å²) in [5, 5.41) is 20.3. The first-order valence-electron chi connectivity index (χ1n) is 5.68. The summed E-state index contributed by atoms with van der Waals surface area (Å²) in [6.07, 6.45) is 1.60. The van der Waals surface area contributed by atoms with Gasteiger partial charge in [0.05, 0.1) is 4.92 Å². The van der Waals surface area contributed by atoms with Crippen LogP contribution in [0.25, 0.3) is 0 Å². The van der Waals surface area contributed by atoms with E-state index < -0.39 is 4.92 Å². The fourth-order valence-corrected chi connectivity index (χ4v) is 2.18. The molecule has 0 radical (unpaired) electrons. The monoisotopic (exact) mass is 293 g/mol. The minimum absolute atomic E-state index is 0.122. The largest absolute Gasteiger partial charge is 0.320 e. The van der Waals surface area contributed by atoms with Crippen molar-refractivity contribution in [1.29, 1.82) is 0 Å². The smallest absolute Gasteiger partial charge is 0.292 e.